The molecule has 0 aliphatic rings. The van der Waals surface area contributed by atoms with Crippen LogP contribution in [-0.4, -0.2) is 18.3 Å². The Bertz CT molecular complexity index is 378. The highest BCUT2D eigenvalue weighted by Crippen LogP contribution is 2.31. The van der Waals surface area contributed by atoms with Gasteiger partial charge in [0.25, 0.3) is 0 Å². The Morgan fingerprint density at radius 1 is 1.47 bits per heavy atom. The smallest absolute Gasteiger partial charge is 0.127 e. The summed E-state index contributed by atoms with van der Waals surface area (Å²) in [5.74, 6) is -0.169. The molecular formula is C13H19ClFNO. The van der Waals surface area contributed by atoms with Crippen molar-refractivity contribution in [1.29, 1.82) is 0 Å². The minimum Gasteiger partial charge on any atom is -0.396 e. The fourth-order valence-electron chi connectivity index (χ4n) is 1.86. The highest BCUT2D eigenvalue weighted by molar-refractivity contribution is 6.30. The van der Waals surface area contributed by atoms with Gasteiger partial charge in [-0.25, -0.2) is 4.39 Å². The Morgan fingerprint density at radius 3 is 2.53 bits per heavy atom. The number of hydrogen-bond acceptors (Lipinski definition) is 2. The molecule has 1 atom stereocenters. The molecule has 0 saturated heterocycles. The van der Waals surface area contributed by atoms with Gasteiger partial charge in [-0.3, -0.25) is 0 Å². The van der Waals surface area contributed by atoms with Gasteiger partial charge in [-0.1, -0.05) is 31.5 Å². The number of hydrogen-bond donors (Lipinski definition) is 2. The van der Waals surface area contributed by atoms with E-state index in [0.717, 1.165) is 0 Å². The molecule has 96 valence electrons. The van der Waals surface area contributed by atoms with Crippen molar-refractivity contribution >= 4 is 11.6 Å². The van der Waals surface area contributed by atoms with E-state index in [1.165, 1.54) is 6.07 Å². The third-order valence-electron chi connectivity index (χ3n) is 3.50. The van der Waals surface area contributed by atoms with Crippen molar-refractivity contribution in [2.75, 3.05) is 13.2 Å². The molecule has 0 fully saturated rings. The Morgan fingerprint density at radius 2 is 2.12 bits per heavy atom. The van der Waals surface area contributed by atoms with Gasteiger partial charge in [-0.15, -0.1) is 0 Å². The van der Waals surface area contributed by atoms with Crippen LogP contribution in [0.25, 0.3) is 0 Å². The summed E-state index contributed by atoms with van der Waals surface area (Å²) in [6, 6.07) is 4.59. The molecule has 0 aromatic heterocycles. The van der Waals surface area contributed by atoms with Crippen LogP contribution in [0.3, 0.4) is 0 Å². The minimum absolute atomic E-state index is 0.0523. The number of nitrogens with two attached hydrogens (primary N) is 1. The van der Waals surface area contributed by atoms with Crippen molar-refractivity contribution in [2.45, 2.75) is 20.3 Å². The largest absolute Gasteiger partial charge is 0.396 e. The zero-order valence-electron chi connectivity index (χ0n) is 10.2. The Balaban J connectivity index is 3.01. The molecule has 0 heterocycles. The molecule has 3 N–H and O–H groups in total. The predicted molar refractivity (Wildman–Crippen MR) is 68.5 cm³/mol. The zero-order valence-corrected chi connectivity index (χ0v) is 11.0. The minimum atomic E-state index is -0.478. The van der Waals surface area contributed by atoms with Gasteiger partial charge < -0.3 is 10.8 Å². The standard InChI is InChI=1S/C13H19ClFNO/c1-9(2)13(7-16,8-17)6-10-3-4-11(14)5-12(10)15/h3-5,9,17H,6-8,16H2,1-2H3. The molecule has 0 aliphatic heterocycles. The van der Waals surface area contributed by atoms with Gasteiger partial charge in [-0.05, 0) is 30.0 Å². The van der Waals surface area contributed by atoms with Crippen molar-refractivity contribution < 1.29 is 9.50 Å². The maximum Gasteiger partial charge on any atom is 0.127 e. The van der Waals surface area contributed by atoms with E-state index in [2.05, 4.69) is 0 Å². The first-order valence-electron chi connectivity index (χ1n) is 5.70. The zero-order chi connectivity index (χ0) is 13.1. The predicted octanol–water partition coefficient (Wildman–Crippen LogP) is 2.62. The quantitative estimate of drug-likeness (QED) is 0.854. The SMILES string of the molecule is CC(C)C(CN)(CO)Cc1ccc(Cl)cc1F. The molecule has 2 nitrogen and oxygen atoms in total. The molecule has 0 aliphatic carbocycles. The van der Waals surface area contributed by atoms with Gasteiger partial charge in [0.05, 0.1) is 6.61 Å². The highest BCUT2D eigenvalue weighted by Gasteiger charge is 2.32. The van der Waals surface area contributed by atoms with Crippen LogP contribution < -0.4 is 5.73 Å². The summed E-state index contributed by atoms with van der Waals surface area (Å²) >= 11 is 5.70. The first kappa shape index (κ1) is 14.4. The summed E-state index contributed by atoms with van der Waals surface area (Å²) in [6.45, 7) is 4.24. The van der Waals surface area contributed by atoms with Crippen molar-refractivity contribution in [3.8, 4) is 0 Å². The lowest BCUT2D eigenvalue weighted by Crippen LogP contribution is -2.41. The van der Waals surface area contributed by atoms with Crippen molar-refractivity contribution in [1.82, 2.24) is 0 Å². The second kappa shape index (κ2) is 5.80. The second-order valence-electron chi connectivity index (χ2n) is 4.79. The lowest BCUT2D eigenvalue weighted by atomic mass is 9.73. The molecule has 4 heteroatoms. The van der Waals surface area contributed by atoms with Gasteiger partial charge in [0.15, 0.2) is 0 Å². The average Bonchev–Trinajstić information content (AvgIpc) is 2.28. The second-order valence-corrected chi connectivity index (χ2v) is 5.23. The van der Waals surface area contributed by atoms with E-state index >= 15 is 0 Å². The van der Waals surface area contributed by atoms with E-state index in [1.54, 1.807) is 12.1 Å². The first-order valence-corrected chi connectivity index (χ1v) is 6.08. The molecule has 0 spiro atoms. The monoisotopic (exact) mass is 259 g/mol. The van der Waals surface area contributed by atoms with Crippen molar-refractivity contribution in [3.05, 3.63) is 34.6 Å². The van der Waals surface area contributed by atoms with Gasteiger partial charge >= 0.3 is 0 Å². The Kier molecular flexibility index (Phi) is 4.92. The molecular weight excluding hydrogens is 241 g/mol. The first-order chi connectivity index (χ1) is 7.95. The van der Waals surface area contributed by atoms with E-state index in [4.69, 9.17) is 17.3 Å². The maximum atomic E-state index is 13.7. The molecule has 1 rings (SSSR count). The Labute approximate surface area is 107 Å². The van der Waals surface area contributed by atoms with Gasteiger partial charge in [0.1, 0.15) is 5.82 Å². The van der Waals surface area contributed by atoms with Gasteiger partial charge in [0.2, 0.25) is 0 Å². The summed E-state index contributed by atoms with van der Waals surface area (Å²) < 4.78 is 13.7. The number of rotatable bonds is 5. The summed E-state index contributed by atoms with van der Waals surface area (Å²) in [7, 11) is 0. The summed E-state index contributed by atoms with van der Waals surface area (Å²) in [6.07, 6.45) is 0.417. The van der Waals surface area contributed by atoms with E-state index in [-0.39, 0.29) is 18.3 Å². The molecule has 0 bridgehead atoms. The average molecular weight is 260 g/mol. The van der Waals surface area contributed by atoms with Gasteiger partial charge in [0, 0.05) is 17.0 Å². The van der Waals surface area contributed by atoms with Crippen LogP contribution in [0.1, 0.15) is 19.4 Å². The van der Waals surface area contributed by atoms with Crippen LogP contribution in [0.4, 0.5) is 4.39 Å². The molecule has 17 heavy (non-hydrogen) atoms. The van der Waals surface area contributed by atoms with Crippen molar-refractivity contribution in [2.24, 2.45) is 17.1 Å². The van der Waals surface area contributed by atoms with E-state index in [1.807, 2.05) is 13.8 Å². The lowest BCUT2D eigenvalue weighted by molar-refractivity contribution is 0.0834. The summed E-state index contributed by atoms with van der Waals surface area (Å²) in [4.78, 5) is 0. The van der Waals surface area contributed by atoms with Crippen molar-refractivity contribution in [3.63, 3.8) is 0 Å². The van der Waals surface area contributed by atoms with Crippen LogP contribution >= 0.6 is 11.6 Å². The molecule has 1 aromatic carbocycles. The van der Waals surface area contributed by atoms with Crippen LogP contribution in [0.5, 0.6) is 0 Å². The molecule has 0 radical (unpaired) electrons. The van der Waals surface area contributed by atoms with E-state index in [9.17, 15) is 9.50 Å². The van der Waals surface area contributed by atoms with Gasteiger partial charge in [-0.2, -0.15) is 0 Å². The lowest BCUT2D eigenvalue weighted by Gasteiger charge is -2.35. The molecule has 1 aromatic rings. The van der Waals surface area contributed by atoms with E-state index in [0.29, 0.717) is 23.6 Å². The topological polar surface area (TPSA) is 46.2 Å². The highest BCUT2D eigenvalue weighted by atomic mass is 35.5. The van der Waals surface area contributed by atoms with Crippen LogP contribution in [0, 0.1) is 17.2 Å². The number of aliphatic hydroxyl groups is 1. The summed E-state index contributed by atoms with van der Waals surface area (Å²) in [5.41, 5.74) is 5.81. The normalized spacial score (nSPS) is 15.0. The third kappa shape index (κ3) is 3.18. The van der Waals surface area contributed by atoms with Crippen LogP contribution in [0.2, 0.25) is 5.02 Å². The number of benzene rings is 1. The van der Waals surface area contributed by atoms with Crippen LogP contribution in [0.15, 0.2) is 18.2 Å². The Hall–Kier alpha value is -0.640. The number of aliphatic hydroxyl groups excluding tert-OH is 1. The maximum absolute atomic E-state index is 13.7. The summed E-state index contributed by atoms with van der Waals surface area (Å²) in [5, 5.41) is 9.90. The fraction of sp³-hybridized carbons (Fsp3) is 0.538. The van der Waals surface area contributed by atoms with E-state index < -0.39 is 5.41 Å². The molecule has 0 amide bonds. The molecule has 0 saturated carbocycles. The number of halogens is 2. The molecule has 1 unspecified atom stereocenters. The fourth-order valence-corrected chi connectivity index (χ4v) is 2.02. The third-order valence-corrected chi connectivity index (χ3v) is 3.74. The van der Waals surface area contributed by atoms with Crippen LogP contribution in [-0.2, 0) is 6.42 Å².